The molecular formula is C27H27IN2O5. The molecule has 2 N–H and O–H groups in total. The van der Waals surface area contributed by atoms with Crippen LogP contribution >= 0.6 is 22.6 Å². The summed E-state index contributed by atoms with van der Waals surface area (Å²) in [7, 11) is 1.68. The van der Waals surface area contributed by atoms with Crippen molar-refractivity contribution in [2.75, 3.05) is 23.9 Å². The van der Waals surface area contributed by atoms with Gasteiger partial charge in [-0.3, -0.25) is 14.4 Å². The van der Waals surface area contributed by atoms with Gasteiger partial charge in [-0.05, 0) is 90.4 Å². The quantitative estimate of drug-likeness (QED) is 0.217. The van der Waals surface area contributed by atoms with Gasteiger partial charge in [-0.2, -0.15) is 0 Å². The van der Waals surface area contributed by atoms with Crippen LogP contribution in [0.25, 0.3) is 0 Å². The summed E-state index contributed by atoms with van der Waals surface area (Å²) in [6.45, 7) is 0.438. The molecule has 3 aromatic carbocycles. The number of nitrogens with zero attached hydrogens (tertiary/aromatic N) is 1. The van der Waals surface area contributed by atoms with Gasteiger partial charge in [-0.15, -0.1) is 0 Å². The first-order valence-corrected chi connectivity index (χ1v) is 12.3. The van der Waals surface area contributed by atoms with Crippen molar-refractivity contribution < 1.29 is 24.2 Å². The Balaban J connectivity index is 1.61. The molecule has 0 unspecified atom stereocenters. The minimum Gasteiger partial charge on any atom is -0.491 e. The predicted molar refractivity (Wildman–Crippen MR) is 144 cm³/mol. The summed E-state index contributed by atoms with van der Waals surface area (Å²) >= 11 is 2.12. The van der Waals surface area contributed by atoms with Gasteiger partial charge in [0.25, 0.3) is 11.8 Å². The van der Waals surface area contributed by atoms with E-state index >= 15 is 0 Å². The van der Waals surface area contributed by atoms with Crippen LogP contribution in [0.5, 0.6) is 5.75 Å². The zero-order chi connectivity index (χ0) is 25.2. The van der Waals surface area contributed by atoms with Crippen molar-refractivity contribution in [3.8, 4) is 5.75 Å². The summed E-state index contributed by atoms with van der Waals surface area (Å²) < 4.78 is 6.73. The maximum atomic E-state index is 13.1. The number of carboxylic acid groups (broad SMARTS) is 1. The molecule has 35 heavy (non-hydrogen) atoms. The summed E-state index contributed by atoms with van der Waals surface area (Å²) in [6.07, 6.45) is 2.26. The Morgan fingerprint density at radius 2 is 1.60 bits per heavy atom. The molecule has 0 aromatic heterocycles. The predicted octanol–water partition coefficient (Wildman–Crippen LogP) is 5.84. The van der Waals surface area contributed by atoms with Crippen LogP contribution in [0.1, 0.15) is 46.4 Å². The van der Waals surface area contributed by atoms with Gasteiger partial charge in [0, 0.05) is 28.3 Å². The summed E-state index contributed by atoms with van der Waals surface area (Å²) in [4.78, 5) is 37.8. The van der Waals surface area contributed by atoms with E-state index in [1.807, 2.05) is 36.4 Å². The highest BCUT2D eigenvalue weighted by Gasteiger charge is 2.17. The van der Waals surface area contributed by atoms with Gasteiger partial charge >= 0.3 is 5.97 Å². The van der Waals surface area contributed by atoms with Crippen LogP contribution in [0.4, 0.5) is 11.4 Å². The number of halogens is 1. The van der Waals surface area contributed by atoms with E-state index in [-0.39, 0.29) is 18.2 Å². The number of rotatable bonds is 11. The molecule has 0 atom stereocenters. The number of carboxylic acids is 1. The van der Waals surface area contributed by atoms with E-state index in [0.717, 1.165) is 16.4 Å². The zero-order valence-corrected chi connectivity index (χ0v) is 21.5. The van der Waals surface area contributed by atoms with Gasteiger partial charge in [-0.25, -0.2) is 0 Å². The number of anilines is 2. The molecule has 0 spiro atoms. The van der Waals surface area contributed by atoms with Gasteiger partial charge < -0.3 is 20.1 Å². The first-order chi connectivity index (χ1) is 16.9. The molecule has 0 aliphatic rings. The van der Waals surface area contributed by atoms with Gasteiger partial charge in [-0.1, -0.05) is 24.3 Å². The second kappa shape index (κ2) is 12.9. The van der Waals surface area contributed by atoms with Crippen LogP contribution in [0.2, 0.25) is 0 Å². The molecule has 8 heteroatoms. The topological polar surface area (TPSA) is 95.9 Å². The minimum atomic E-state index is -0.794. The third-order valence-corrected chi connectivity index (χ3v) is 6.27. The van der Waals surface area contributed by atoms with Crippen molar-refractivity contribution >= 4 is 51.7 Å². The molecule has 0 radical (unpaired) electrons. The van der Waals surface area contributed by atoms with Gasteiger partial charge in [0.05, 0.1) is 17.9 Å². The van der Waals surface area contributed by atoms with E-state index in [2.05, 4.69) is 27.9 Å². The normalized spacial score (nSPS) is 10.5. The third kappa shape index (κ3) is 7.54. The Kier molecular flexibility index (Phi) is 9.66. The Labute approximate surface area is 218 Å². The van der Waals surface area contributed by atoms with E-state index in [0.29, 0.717) is 41.3 Å². The molecule has 0 aliphatic carbocycles. The van der Waals surface area contributed by atoms with E-state index in [1.165, 1.54) is 4.90 Å². The van der Waals surface area contributed by atoms with Crippen molar-refractivity contribution in [1.29, 1.82) is 0 Å². The monoisotopic (exact) mass is 586 g/mol. The highest BCUT2D eigenvalue weighted by molar-refractivity contribution is 14.1. The van der Waals surface area contributed by atoms with Crippen molar-refractivity contribution in [2.45, 2.75) is 25.7 Å². The summed E-state index contributed by atoms with van der Waals surface area (Å²) in [6, 6.07) is 21.4. The molecule has 0 heterocycles. The Hall–Kier alpha value is -3.40. The lowest BCUT2D eigenvalue weighted by molar-refractivity contribution is -0.137. The number of ether oxygens (including phenoxy) is 1. The molecule has 7 nitrogen and oxygen atoms in total. The largest absolute Gasteiger partial charge is 0.491 e. The number of amides is 2. The van der Waals surface area contributed by atoms with Gasteiger partial charge in [0.1, 0.15) is 5.75 Å². The van der Waals surface area contributed by atoms with E-state index in [9.17, 15) is 14.4 Å². The molecule has 0 bridgehead atoms. The van der Waals surface area contributed by atoms with Crippen molar-refractivity contribution in [1.82, 2.24) is 0 Å². The zero-order valence-electron chi connectivity index (χ0n) is 19.4. The van der Waals surface area contributed by atoms with Crippen LogP contribution in [0, 0.1) is 3.57 Å². The average Bonchev–Trinajstić information content (AvgIpc) is 2.86. The lowest BCUT2D eigenvalue weighted by Gasteiger charge is -2.21. The maximum absolute atomic E-state index is 13.1. The van der Waals surface area contributed by atoms with E-state index in [4.69, 9.17) is 9.84 Å². The molecule has 0 saturated carbocycles. The highest BCUT2D eigenvalue weighted by Crippen LogP contribution is 2.29. The molecule has 182 valence electrons. The number of aliphatic carboxylic acids is 1. The highest BCUT2D eigenvalue weighted by atomic mass is 127. The van der Waals surface area contributed by atoms with E-state index in [1.54, 1.807) is 43.4 Å². The fraction of sp³-hybridized carbons (Fsp3) is 0.222. The molecule has 2 amide bonds. The number of nitrogens with one attached hydrogen (secondary N) is 1. The number of carbonyl (C=O) groups excluding carboxylic acids is 2. The van der Waals surface area contributed by atoms with Crippen LogP contribution in [-0.2, 0) is 4.79 Å². The number of unbranched alkanes of at least 4 members (excludes halogenated alkanes) is 2. The Bertz CT molecular complexity index is 1180. The number of hydrogen-bond donors (Lipinski definition) is 2. The second-order valence-corrected chi connectivity index (χ2v) is 9.06. The van der Waals surface area contributed by atoms with Crippen LogP contribution in [0.3, 0.4) is 0 Å². The standard InChI is InChI=1S/C27H27IN2O5/c1-30(23-11-6-7-12-24(23)35-18-8-2-3-13-25(31)32)27(34)19-14-16-20(17-15-19)29-26(33)21-9-4-5-10-22(21)28/h4-7,9-12,14-17H,2-3,8,13,18H2,1H3,(H,29,33)(H,31,32). The van der Waals surface area contributed by atoms with Gasteiger partial charge in [0.2, 0.25) is 0 Å². The fourth-order valence-electron chi connectivity index (χ4n) is 3.44. The number of carbonyl (C=O) groups is 3. The summed E-state index contributed by atoms with van der Waals surface area (Å²) in [5.74, 6) is -0.626. The molecule has 0 fully saturated rings. The smallest absolute Gasteiger partial charge is 0.303 e. The second-order valence-electron chi connectivity index (χ2n) is 7.90. The summed E-state index contributed by atoms with van der Waals surface area (Å²) in [5, 5.41) is 11.6. The Morgan fingerprint density at radius 3 is 2.31 bits per heavy atom. The van der Waals surface area contributed by atoms with Crippen molar-refractivity contribution in [3.05, 3.63) is 87.5 Å². The fourth-order valence-corrected chi connectivity index (χ4v) is 4.07. The van der Waals surface area contributed by atoms with Crippen LogP contribution in [0.15, 0.2) is 72.8 Å². The van der Waals surface area contributed by atoms with Crippen molar-refractivity contribution in [3.63, 3.8) is 0 Å². The van der Waals surface area contributed by atoms with Crippen LogP contribution < -0.4 is 15.0 Å². The Morgan fingerprint density at radius 1 is 0.914 bits per heavy atom. The molecule has 3 aromatic rings. The number of para-hydroxylation sites is 2. The average molecular weight is 586 g/mol. The maximum Gasteiger partial charge on any atom is 0.303 e. The summed E-state index contributed by atoms with van der Waals surface area (Å²) in [5.41, 5.74) is 2.30. The third-order valence-electron chi connectivity index (χ3n) is 5.33. The minimum absolute atomic E-state index is 0.155. The number of benzene rings is 3. The lowest BCUT2D eigenvalue weighted by atomic mass is 10.1. The molecule has 3 rings (SSSR count). The molecule has 0 aliphatic heterocycles. The first kappa shape index (κ1) is 26.2. The number of hydrogen-bond acceptors (Lipinski definition) is 4. The lowest BCUT2D eigenvalue weighted by Crippen LogP contribution is -2.26. The first-order valence-electron chi connectivity index (χ1n) is 11.2. The SMILES string of the molecule is CN(C(=O)c1ccc(NC(=O)c2ccccc2I)cc1)c1ccccc1OCCCCCC(=O)O. The molecule has 0 saturated heterocycles. The van der Waals surface area contributed by atoms with E-state index < -0.39 is 5.97 Å². The molecular weight excluding hydrogens is 559 g/mol. The van der Waals surface area contributed by atoms with Crippen molar-refractivity contribution in [2.24, 2.45) is 0 Å². The van der Waals surface area contributed by atoms with Gasteiger partial charge in [0.15, 0.2) is 0 Å². The van der Waals surface area contributed by atoms with Crippen LogP contribution in [-0.4, -0.2) is 36.5 Å².